The molecule has 7 nitrogen and oxygen atoms in total. The van der Waals surface area contributed by atoms with Gasteiger partial charge in [0, 0.05) is 35.1 Å². The highest BCUT2D eigenvalue weighted by Gasteiger charge is 2.10. The summed E-state index contributed by atoms with van der Waals surface area (Å²) in [6.07, 6.45) is 3.37. The summed E-state index contributed by atoms with van der Waals surface area (Å²) < 4.78 is 1.74. The number of aromatic nitrogens is 4. The van der Waals surface area contributed by atoms with E-state index in [0.29, 0.717) is 16.5 Å². The smallest absolute Gasteiger partial charge is 0.188 e. The molecule has 26 heavy (non-hydrogen) atoms. The van der Waals surface area contributed by atoms with Crippen molar-refractivity contribution in [2.24, 2.45) is 0 Å². The molecule has 2 aromatic rings. The third-order valence-electron chi connectivity index (χ3n) is 3.49. The number of thioether (sulfide) groups is 2. The maximum absolute atomic E-state index is 8.00. The number of H-pyrrole nitrogens is 2. The highest BCUT2D eigenvalue weighted by atomic mass is 79.9. The Morgan fingerprint density at radius 3 is 1.77 bits per heavy atom. The average Bonchev–Trinajstić information content (AvgIpc) is 3.22. The van der Waals surface area contributed by atoms with Crippen molar-refractivity contribution in [1.82, 2.24) is 30.6 Å². The number of hydrogen-bond acceptors (Lipinski definition) is 5. The third-order valence-corrected chi connectivity index (χ3v) is 7.24. The number of aromatic amines is 2. The second-order valence-corrected chi connectivity index (χ2v) is 10.1. The van der Waals surface area contributed by atoms with Crippen molar-refractivity contribution in [2.45, 2.75) is 35.9 Å². The van der Waals surface area contributed by atoms with Crippen molar-refractivity contribution in [1.29, 1.82) is 5.41 Å². The van der Waals surface area contributed by atoms with Crippen molar-refractivity contribution in [2.75, 3.05) is 13.1 Å². The van der Waals surface area contributed by atoms with Crippen LogP contribution in [0.5, 0.6) is 0 Å². The molecule has 2 atom stereocenters. The molecule has 0 spiro atoms. The van der Waals surface area contributed by atoms with E-state index in [0.717, 1.165) is 45.2 Å². The van der Waals surface area contributed by atoms with Crippen molar-refractivity contribution < 1.29 is 0 Å². The summed E-state index contributed by atoms with van der Waals surface area (Å²) in [4.78, 5) is 14.5. The molecular formula is C15H23Br2N7S2. The Balaban J connectivity index is 1.56. The monoisotopic (exact) mass is 523 g/mol. The number of nitrogens with zero attached hydrogens (tertiary/aromatic N) is 2. The molecule has 0 radical (unpaired) electrons. The fraction of sp³-hybridized carbons (Fsp3) is 0.533. The van der Waals surface area contributed by atoms with E-state index < -0.39 is 0 Å². The van der Waals surface area contributed by atoms with Crippen LogP contribution in [0.15, 0.2) is 21.9 Å². The van der Waals surface area contributed by atoms with Crippen LogP contribution in [-0.4, -0.2) is 49.5 Å². The summed E-state index contributed by atoms with van der Waals surface area (Å²) >= 11 is 10.5. The Bertz CT molecular complexity index is 635. The molecule has 0 bridgehead atoms. The second-order valence-electron chi connectivity index (χ2n) is 5.72. The number of rotatable bonds is 10. The van der Waals surface area contributed by atoms with Crippen LogP contribution >= 0.6 is 55.4 Å². The van der Waals surface area contributed by atoms with Crippen LogP contribution in [0.2, 0.25) is 0 Å². The Hall–Kier alpha value is -0.650. The van der Waals surface area contributed by atoms with E-state index >= 15 is 0 Å². The number of nitrogens with one attached hydrogen (secondary N) is 5. The van der Waals surface area contributed by atoms with Gasteiger partial charge < -0.3 is 20.6 Å². The van der Waals surface area contributed by atoms with Crippen molar-refractivity contribution >= 4 is 61.3 Å². The molecule has 0 saturated heterocycles. The standard InChI is InChI=1S/C15H23Br2N7S2/c1-9(25-5-11-13(16)23-7-21-11)3-19-15(18)20-4-10(2)26-6-12-14(17)24-8-22-12/h7-10H,3-6H2,1-2H3,(H,21,23)(H,22,24)(H3,18,19,20). The SMILES string of the molecule is CC(CNC(=N)NCC(C)SCc1[nH]cnc1Br)SCc1[nH]cnc1Br. The van der Waals surface area contributed by atoms with Gasteiger partial charge in [-0.2, -0.15) is 23.5 Å². The van der Waals surface area contributed by atoms with Gasteiger partial charge >= 0.3 is 0 Å². The Kier molecular flexibility index (Phi) is 9.37. The number of hydrogen-bond donors (Lipinski definition) is 5. The van der Waals surface area contributed by atoms with Gasteiger partial charge in [0.1, 0.15) is 9.21 Å². The Labute approximate surface area is 178 Å². The summed E-state index contributed by atoms with van der Waals surface area (Å²) in [5.41, 5.74) is 2.18. The van der Waals surface area contributed by atoms with E-state index in [1.54, 1.807) is 12.7 Å². The van der Waals surface area contributed by atoms with Crippen LogP contribution in [0, 0.1) is 5.41 Å². The number of imidazole rings is 2. The Morgan fingerprint density at radius 1 is 1.00 bits per heavy atom. The highest BCUT2D eigenvalue weighted by Crippen LogP contribution is 2.21. The van der Waals surface area contributed by atoms with E-state index in [4.69, 9.17) is 5.41 Å². The van der Waals surface area contributed by atoms with E-state index in [1.807, 2.05) is 23.5 Å². The van der Waals surface area contributed by atoms with E-state index in [9.17, 15) is 0 Å². The van der Waals surface area contributed by atoms with Crippen LogP contribution in [0.4, 0.5) is 0 Å². The zero-order chi connectivity index (χ0) is 18.9. The first-order valence-electron chi connectivity index (χ1n) is 8.10. The molecule has 0 saturated carbocycles. The highest BCUT2D eigenvalue weighted by molar-refractivity contribution is 9.10. The van der Waals surface area contributed by atoms with Gasteiger partial charge in [0.15, 0.2) is 5.96 Å². The first-order chi connectivity index (χ1) is 12.5. The van der Waals surface area contributed by atoms with Crippen LogP contribution in [0.25, 0.3) is 0 Å². The fourth-order valence-corrected chi connectivity index (χ4v) is 4.76. The molecule has 2 unspecified atom stereocenters. The molecule has 0 aromatic carbocycles. The lowest BCUT2D eigenvalue weighted by molar-refractivity contribution is 0.773. The zero-order valence-electron chi connectivity index (χ0n) is 14.6. The maximum atomic E-state index is 8.00. The van der Waals surface area contributed by atoms with E-state index in [1.165, 1.54) is 0 Å². The summed E-state index contributed by atoms with van der Waals surface area (Å²) in [5, 5.41) is 15.1. The summed E-state index contributed by atoms with van der Waals surface area (Å²) in [7, 11) is 0. The quantitative estimate of drug-likeness (QED) is 0.239. The van der Waals surface area contributed by atoms with Crippen LogP contribution in [0.1, 0.15) is 25.2 Å². The maximum Gasteiger partial charge on any atom is 0.188 e. The number of guanidine groups is 1. The lowest BCUT2D eigenvalue weighted by atomic mass is 10.4. The van der Waals surface area contributed by atoms with Gasteiger partial charge in [0.05, 0.1) is 24.0 Å². The molecule has 144 valence electrons. The lowest BCUT2D eigenvalue weighted by Gasteiger charge is -2.17. The molecule has 0 fully saturated rings. The van der Waals surface area contributed by atoms with Gasteiger partial charge in [-0.25, -0.2) is 9.97 Å². The molecule has 0 aliphatic heterocycles. The summed E-state index contributed by atoms with van der Waals surface area (Å²) in [6.45, 7) is 5.78. The predicted molar refractivity (Wildman–Crippen MR) is 118 cm³/mol. The minimum Gasteiger partial charge on any atom is -0.355 e. The minimum atomic E-state index is 0.371. The second kappa shape index (κ2) is 11.3. The van der Waals surface area contributed by atoms with Crippen molar-refractivity contribution in [3.63, 3.8) is 0 Å². The van der Waals surface area contributed by atoms with Crippen molar-refractivity contribution in [3.05, 3.63) is 33.2 Å². The first-order valence-corrected chi connectivity index (χ1v) is 11.8. The van der Waals surface area contributed by atoms with Gasteiger partial charge in [-0.15, -0.1) is 0 Å². The lowest BCUT2D eigenvalue weighted by Crippen LogP contribution is -2.41. The summed E-state index contributed by atoms with van der Waals surface area (Å²) in [6, 6.07) is 0. The molecule has 0 amide bonds. The Morgan fingerprint density at radius 2 is 1.42 bits per heavy atom. The van der Waals surface area contributed by atoms with E-state index in [2.05, 4.69) is 76.3 Å². The fourth-order valence-electron chi connectivity index (χ4n) is 1.93. The predicted octanol–water partition coefficient (Wildman–Crippen LogP) is 3.72. The first kappa shape index (κ1) is 21.6. The third kappa shape index (κ3) is 7.53. The van der Waals surface area contributed by atoms with Crippen LogP contribution in [0.3, 0.4) is 0 Å². The minimum absolute atomic E-state index is 0.371. The molecule has 2 aromatic heterocycles. The molecule has 5 N–H and O–H groups in total. The zero-order valence-corrected chi connectivity index (χ0v) is 19.4. The average molecular weight is 525 g/mol. The number of halogens is 2. The normalized spacial score (nSPS) is 13.4. The summed E-state index contributed by atoms with van der Waals surface area (Å²) in [5.74, 6) is 2.09. The van der Waals surface area contributed by atoms with Gasteiger partial charge in [-0.3, -0.25) is 5.41 Å². The van der Waals surface area contributed by atoms with Gasteiger partial charge in [-0.05, 0) is 31.9 Å². The molecule has 0 aliphatic carbocycles. The molecule has 0 aliphatic rings. The topological polar surface area (TPSA) is 105 Å². The van der Waals surface area contributed by atoms with Gasteiger partial charge in [0.25, 0.3) is 0 Å². The van der Waals surface area contributed by atoms with Crippen LogP contribution < -0.4 is 10.6 Å². The van der Waals surface area contributed by atoms with Crippen molar-refractivity contribution in [3.8, 4) is 0 Å². The molecular weight excluding hydrogens is 502 g/mol. The van der Waals surface area contributed by atoms with Gasteiger partial charge in [0.2, 0.25) is 0 Å². The van der Waals surface area contributed by atoms with Gasteiger partial charge in [-0.1, -0.05) is 13.8 Å². The largest absolute Gasteiger partial charge is 0.355 e. The molecule has 2 rings (SSSR count). The van der Waals surface area contributed by atoms with Crippen LogP contribution in [-0.2, 0) is 11.5 Å². The molecule has 11 heteroatoms. The van der Waals surface area contributed by atoms with E-state index in [-0.39, 0.29) is 0 Å². The molecule has 2 heterocycles.